The molecule has 176 valence electrons. The van der Waals surface area contributed by atoms with Gasteiger partial charge in [0.1, 0.15) is 12.1 Å². The summed E-state index contributed by atoms with van der Waals surface area (Å²) in [6, 6.07) is 4.30. The van der Waals surface area contributed by atoms with Crippen LogP contribution in [0.3, 0.4) is 0 Å². The molecule has 1 atom stereocenters. The highest BCUT2D eigenvalue weighted by atomic mass is 35.5. The fraction of sp³-hybridized carbons (Fsp3) is 0.625. The molecule has 2 aliphatic rings. The van der Waals surface area contributed by atoms with E-state index in [9.17, 15) is 14.4 Å². The van der Waals surface area contributed by atoms with Crippen LogP contribution in [0, 0.1) is 11.3 Å². The van der Waals surface area contributed by atoms with Crippen LogP contribution in [0.15, 0.2) is 18.2 Å². The van der Waals surface area contributed by atoms with Crippen molar-refractivity contribution in [3.63, 3.8) is 0 Å². The van der Waals surface area contributed by atoms with Crippen LogP contribution in [0.1, 0.15) is 71.4 Å². The Kier molecular flexibility index (Phi) is 7.16. The first-order chi connectivity index (χ1) is 14.9. The van der Waals surface area contributed by atoms with E-state index in [-0.39, 0.29) is 29.8 Å². The normalized spacial score (nSPS) is 24.6. The van der Waals surface area contributed by atoms with Crippen molar-refractivity contribution in [2.45, 2.75) is 71.4 Å². The number of halogens is 2. The van der Waals surface area contributed by atoms with E-state index in [2.05, 4.69) is 26.1 Å². The van der Waals surface area contributed by atoms with Gasteiger partial charge in [0.25, 0.3) is 5.91 Å². The van der Waals surface area contributed by atoms with Crippen LogP contribution in [-0.4, -0.2) is 46.8 Å². The topological polar surface area (TPSA) is 69.7 Å². The lowest BCUT2D eigenvalue weighted by atomic mass is 9.65. The van der Waals surface area contributed by atoms with Gasteiger partial charge in [-0.2, -0.15) is 0 Å². The Bertz CT molecular complexity index is 910. The summed E-state index contributed by atoms with van der Waals surface area (Å²) in [5, 5.41) is 3.89. The van der Waals surface area contributed by atoms with Crippen LogP contribution in [-0.2, 0) is 9.59 Å². The van der Waals surface area contributed by atoms with Gasteiger partial charge in [-0.1, -0.05) is 56.5 Å². The highest BCUT2D eigenvalue weighted by molar-refractivity contribution is 6.35. The molecule has 1 saturated heterocycles. The minimum Gasteiger partial charge on any atom is -0.337 e. The third-order valence-corrected chi connectivity index (χ3v) is 8.34. The third kappa shape index (κ3) is 4.62. The van der Waals surface area contributed by atoms with Crippen LogP contribution in [0.4, 0.5) is 4.79 Å². The number of likely N-dealkylation sites (N-methyl/N-ethyl adjacent to an activating group) is 1. The summed E-state index contributed by atoms with van der Waals surface area (Å²) >= 11 is 12.3. The fourth-order valence-electron chi connectivity index (χ4n) is 4.85. The molecule has 1 heterocycles. The van der Waals surface area contributed by atoms with Gasteiger partial charge in [-0.25, -0.2) is 4.79 Å². The SMILES string of the molecule is CCC(C)(C)C1CCC2(CC1)NC(=O)N(CC(=O)N(C)C(C)c1ccc(Cl)cc1Cl)C2=O. The molecule has 1 saturated carbocycles. The summed E-state index contributed by atoms with van der Waals surface area (Å²) in [5.74, 6) is -0.0892. The van der Waals surface area contributed by atoms with Crippen molar-refractivity contribution in [3.8, 4) is 0 Å². The van der Waals surface area contributed by atoms with E-state index in [1.807, 2.05) is 6.92 Å². The van der Waals surface area contributed by atoms with Gasteiger partial charge < -0.3 is 10.2 Å². The second-order valence-corrected chi connectivity index (χ2v) is 10.7. The molecule has 1 aliphatic heterocycles. The molecule has 8 heteroatoms. The number of amides is 4. The molecule has 1 aromatic carbocycles. The first-order valence-electron chi connectivity index (χ1n) is 11.3. The van der Waals surface area contributed by atoms with Crippen molar-refractivity contribution >= 4 is 41.0 Å². The highest BCUT2D eigenvalue weighted by Crippen LogP contribution is 2.45. The van der Waals surface area contributed by atoms with E-state index < -0.39 is 11.6 Å². The van der Waals surface area contributed by atoms with Gasteiger partial charge in [0.05, 0.1) is 6.04 Å². The van der Waals surface area contributed by atoms with Crippen molar-refractivity contribution in [1.82, 2.24) is 15.1 Å². The quantitative estimate of drug-likeness (QED) is 0.550. The van der Waals surface area contributed by atoms with E-state index in [0.29, 0.717) is 28.8 Å². The Morgan fingerprint density at radius 2 is 1.91 bits per heavy atom. The molecule has 1 aliphatic carbocycles. The number of hydrogen-bond acceptors (Lipinski definition) is 3. The largest absolute Gasteiger partial charge is 0.337 e. The van der Waals surface area contributed by atoms with E-state index in [4.69, 9.17) is 23.2 Å². The van der Waals surface area contributed by atoms with Gasteiger partial charge >= 0.3 is 6.03 Å². The molecule has 2 fully saturated rings. The second kappa shape index (κ2) is 9.22. The number of benzene rings is 1. The summed E-state index contributed by atoms with van der Waals surface area (Å²) in [7, 11) is 1.64. The Morgan fingerprint density at radius 1 is 1.28 bits per heavy atom. The first kappa shape index (κ1) is 24.8. The molecule has 4 amide bonds. The van der Waals surface area contributed by atoms with Gasteiger partial charge in [0.2, 0.25) is 5.91 Å². The minimum absolute atomic E-state index is 0.213. The number of carbonyl (C=O) groups excluding carboxylic acids is 3. The minimum atomic E-state index is -0.874. The van der Waals surface area contributed by atoms with Crippen LogP contribution < -0.4 is 5.32 Å². The maximum Gasteiger partial charge on any atom is 0.325 e. The zero-order valence-corrected chi connectivity index (χ0v) is 21.0. The molecule has 32 heavy (non-hydrogen) atoms. The van der Waals surface area contributed by atoms with E-state index in [1.165, 1.54) is 4.90 Å². The fourth-order valence-corrected chi connectivity index (χ4v) is 5.42. The Morgan fingerprint density at radius 3 is 2.47 bits per heavy atom. The Labute approximate surface area is 200 Å². The van der Waals surface area contributed by atoms with Gasteiger partial charge in [-0.15, -0.1) is 0 Å². The second-order valence-electron chi connectivity index (χ2n) is 9.87. The average Bonchev–Trinajstić information content (AvgIpc) is 2.97. The van der Waals surface area contributed by atoms with Crippen molar-refractivity contribution in [2.24, 2.45) is 11.3 Å². The number of urea groups is 1. The number of rotatable bonds is 6. The monoisotopic (exact) mass is 481 g/mol. The molecule has 1 unspecified atom stereocenters. The lowest BCUT2D eigenvalue weighted by Crippen LogP contribution is -2.51. The standard InChI is InChI=1S/C24H33Cl2N3O3/c1-6-23(3,4)16-9-11-24(12-10-16)21(31)29(22(32)27-24)14-20(30)28(5)15(2)18-8-7-17(25)13-19(18)26/h7-8,13,15-16H,6,9-12,14H2,1-5H3,(H,27,32). The van der Waals surface area contributed by atoms with Crippen LogP contribution >= 0.6 is 23.2 Å². The molecular weight excluding hydrogens is 449 g/mol. The van der Waals surface area contributed by atoms with Crippen molar-refractivity contribution < 1.29 is 14.4 Å². The summed E-state index contributed by atoms with van der Waals surface area (Å²) in [5.41, 5.74) is 0.0870. The Balaban J connectivity index is 1.67. The summed E-state index contributed by atoms with van der Waals surface area (Å²) in [4.78, 5) is 41.4. The first-order valence-corrected chi connectivity index (χ1v) is 12.0. The third-order valence-electron chi connectivity index (χ3n) is 7.78. The molecule has 0 aromatic heterocycles. The summed E-state index contributed by atoms with van der Waals surface area (Å²) < 4.78 is 0. The average molecular weight is 482 g/mol. The smallest absolute Gasteiger partial charge is 0.325 e. The molecule has 1 spiro atoms. The molecule has 1 N–H and O–H groups in total. The molecule has 0 bridgehead atoms. The lowest BCUT2D eigenvalue weighted by Gasteiger charge is -2.42. The lowest BCUT2D eigenvalue weighted by molar-refractivity contribution is -0.140. The van der Waals surface area contributed by atoms with Crippen LogP contribution in [0.25, 0.3) is 0 Å². The molecule has 0 radical (unpaired) electrons. The molecule has 1 aromatic rings. The number of hydrogen-bond donors (Lipinski definition) is 1. The summed E-state index contributed by atoms with van der Waals surface area (Å²) in [6.45, 7) is 8.27. The predicted octanol–water partition coefficient (Wildman–Crippen LogP) is 5.43. The number of nitrogens with one attached hydrogen (secondary N) is 1. The maximum absolute atomic E-state index is 13.2. The molecular formula is C24H33Cl2N3O3. The molecule has 6 nitrogen and oxygen atoms in total. The maximum atomic E-state index is 13.2. The molecule has 3 rings (SSSR count). The van der Waals surface area contributed by atoms with E-state index in [1.54, 1.807) is 25.2 Å². The highest BCUT2D eigenvalue weighted by Gasteiger charge is 2.53. The van der Waals surface area contributed by atoms with Gasteiger partial charge in [-0.3, -0.25) is 14.5 Å². The van der Waals surface area contributed by atoms with E-state index >= 15 is 0 Å². The number of nitrogens with zero attached hydrogens (tertiary/aromatic N) is 2. The summed E-state index contributed by atoms with van der Waals surface area (Å²) in [6.07, 6.45) is 4.08. The van der Waals surface area contributed by atoms with Gasteiger partial charge in [0.15, 0.2) is 0 Å². The number of imide groups is 1. The van der Waals surface area contributed by atoms with Gasteiger partial charge in [0, 0.05) is 17.1 Å². The van der Waals surface area contributed by atoms with Crippen molar-refractivity contribution in [2.75, 3.05) is 13.6 Å². The zero-order chi connectivity index (χ0) is 23.8. The Hall–Kier alpha value is -1.79. The van der Waals surface area contributed by atoms with Crippen LogP contribution in [0.5, 0.6) is 0 Å². The van der Waals surface area contributed by atoms with Crippen molar-refractivity contribution in [3.05, 3.63) is 33.8 Å². The van der Waals surface area contributed by atoms with E-state index in [0.717, 1.165) is 29.7 Å². The van der Waals surface area contributed by atoms with Gasteiger partial charge in [-0.05, 0) is 61.6 Å². The van der Waals surface area contributed by atoms with Crippen molar-refractivity contribution in [1.29, 1.82) is 0 Å². The number of carbonyl (C=O) groups is 3. The van der Waals surface area contributed by atoms with Crippen LogP contribution in [0.2, 0.25) is 10.0 Å². The predicted molar refractivity (Wildman–Crippen MR) is 127 cm³/mol. The zero-order valence-electron chi connectivity index (χ0n) is 19.5.